The number of nitrogens with one attached hydrogen (secondary N) is 1. The third kappa shape index (κ3) is 5.08. The van der Waals surface area contributed by atoms with E-state index in [0.29, 0.717) is 30.9 Å². The van der Waals surface area contributed by atoms with E-state index in [0.717, 1.165) is 12.0 Å². The number of nitrogens with two attached hydrogens (primary N) is 1. The Bertz CT molecular complexity index is 839. The highest BCUT2D eigenvalue weighted by molar-refractivity contribution is 5.81. The quantitative estimate of drug-likeness (QED) is 0.714. The number of hydrogen-bond donors (Lipinski definition) is 2. The minimum Gasteiger partial charge on any atom is -0.493 e. The average Bonchev–Trinajstić information content (AvgIpc) is 3.23. The summed E-state index contributed by atoms with van der Waals surface area (Å²) in [7, 11) is 3.21. The summed E-state index contributed by atoms with van der Waals surface area (Å²) in [4.78, 5) is 12.9. The van der Waals surface area contributed by atoms with Crippen molar-refractivity contribution < 1.29 is 19.0 Å². The highest BCUT2D eigenvalue weighted by atomic mass is 16.5. The van der Waals surface area contributed by atoms with Gasteiger partial charge in [0.25, 0.3) is 0 Å². The van der Waals surface area contributed by atoms with Crippen molar-refractivity contribution in [3.63, 3.8) is 0 Å². The molecule has 1 heterocycles. The summed E-state index contributed by atoms with van der Waals surface area (Å²) >= 11 is 0. The van der Waals surface area contributed by atoms with Crippen LogP contribution < -0.4 is 20.5 Å². The van der Waals surface area contributed by atoms with Gasteiger partial charge in [-0.05, 0) is 55.0 Å². The lowest BCUT2D eigenvalue weighted by molar-refractivity contribution is -0.132. The predicted molar refractivity (Wildman–Crippen MR) is 112 cm³/mol. The molecule has 3 rings (SSSR count). The monoisotopic (exact) mass is 398 g/mol. The van der Waals surface area contributed by atoms with Gasteiger partial charge >= 0.3 is 0 Å². The molecule has 156 valence electrons. The van der Waals surface area contributed by atoms with Gasteiger partial charge in [-0.1, -0.05) is 30.3 Å². The molecule has 1 aliphatic heterocycles. The molecule has 29 heavy (non-hydrogen) atoms. The lowest BCUT2D eigenvalue weighted by Gasteiger charge is -2.23. The molecule has 1 unspecified atom stereocenters. The van der Waals surface area contributed by atoms with Crippen molar-refractivity contribution in [3.8, 4) is 11.5 Å². The molecule has 1 amide bonds. The van der Waals surface area contributed by atoms with Gasteiger partial charge in [0, 0.05) is 6.54 Å². The number of carbonyl (C=O) groups excluding carboxylic acids is 1. The van der Waals surface area contributed by atoms with E-state index < -0.39 is 6.10 Å². The summed E-state index contributed by atoms with van der Waals surface area (Å²) in [5.41, 5.74) is 9.00. The first kappa shape index (κ1) is 21.1. The van der Waals surface area contributed by atoms with Crippen molar-refractivity contribution in [2.24, 2.45) is 5.73 Å². The van der Waals surface area contributed by atoms with Crippen LogP contribution >= 0.6 is 0 Å². The van der Waals surface area contributed by atoms with Gasteiger partial charge in [-0.15, -0.1) is 0 Å². The molecule has 2 aromatic carbocycles. The Morgan fingerprint density at radius 2 is 1.93 bits per heavy atom. The van der Waals surface area contributed by atoms with Crippen molar-refractivity contribution in [2.75, 3.05) is 20.8 Å². The summed E-state index contributed by atoms with van der Waals surface area (Å²) in [5.74, 6) is 1.19. The lowest BCUT2D eigenvalue weighted by atomic mass is 9.95. The molecule has 0 spiro atoms. The zero-order chi connectivity index (χ0) is 20.8. The summed E-state index contributed by atoms with van der Waals surface area (Å²) in [6.45, 7) is 2.51. The summed E-state index contributed by atoms with van der Waals surface area (Å²) < 4.78 is 16.6. The number of amides is 1. The Morgan fingerprint density at radius 3 is 2.59 bits per heavy atom. The van der Waals surface area contributed by atoms with Gasteiger partial charge in [-0.2, -0.15) is 0 Å². The van der Waals surface area contributed by atoms with Crippen molar-refractivity contribution in [1.29, 1.82) is 0 Å². The van der Waals surface area contributed by atoms with E-state index >= 15 is 0 Å². The lowest BCUT2D eigenvalue weighted by Crippen LogP contribution is -2.38. The van der Waals surface area contributed by atoms with Gasteiger partial charge in [0.15, 0.2) is 11.5 Å². The highest BCUT2D eigenvalue weighted by Gasteiger charge is 2.31. The van der Waals surface area contributed by atoms with Gasteiger partial charge in [-0.25, -0.2) is 0 Å². The number of hydrogen-bond acceptors (Lipinski definition) is 5. The number of methoxy groups -OCH3 is 2. The van der Waals surface area contributed by atoms with E-state index in [4.69, 9.17) is 19.9 Å². The van der Waals surface area contributed by atoms with E-state index in [1.807, 2.05) is 30.3 Å². The van der Waals surface area contributed by atoms with Crippen LogP contribution in [0.15, 0.2) is 42.5 Å². The molecule has 3 N–H and O–H groups in total. The van der Waals surface area contributed by atoms with E-state index in [9.17, 15) is 4.79 Å². The highest BCUT2D eigenvalue weighted by Crippen LogP contribution is 2.32. The molecule has 0 bridgehead atoms. The molecule has 1 aliphatic rings. The second-order valence-corrected chi connectivity index (χ2v) is 7.37. The summed E-state index contributed by atoms with van der Waals surface area (Å²) in [6.07, 6.45) is 1.68. The number of ether oxygens (including phenoxy) is 3. The Labute approximate surface area is 172 Å². The molecular formula is C23H30N2O4. The fraction of sp³-hybridized carbons (Fsp3) is 0.435. The van der Waals surface area contributed by atoms with Crippen LogP contribution in [0.5, 0.6) is 11.5 Å². The van der Waals surface area contributed by atoms with E-state index in [-0.39, 0.29) is 18.1 Å². The molecule has 6 heteroatoms. The second kappa shape index (κ2) is 9.76. The smallest absolute Gasteiger partial charge is 0.249 e. The van der Waals surface area contributed by atoms with Crippen LogP contribution in [-0.2, 0) is 16.0 Å². The third-order valence-electron chi connectivity index (χ3n) is 5.47. The molecule has 0 radical (unpaired) electrons. The second-order valence-electron chi connectivity index (χ2n) is 7.37. The first-order valence-electron chi connectivity index (χ1n) is 9.98. The number of aryl methyl sites for hydroxylation is 1. The average molecular weight is 399 g/mol. The van der Waals surface area contributed by atoms with Crippen LogP contribution in [0.2, 0.25) is 0 Å². The summed E-state index contributed by atoms with van der Waals surface area (Å²) in [6, 6.07) is 13.7. The minimum atomic E-state index is -0.455. The zero-order valence-corrected chi connectivity index (χ0v) is 17.3. The maximum absolute atomic E-state index is 12.9. The zero-order valence-electron chi connectivity index (χ0n) is 17.3. The molecule has 0 aromatic heterocycles. The van der Waals surface area contributed by atoms with Crippen LogP contribution in [0.1, 0.15) is 35.6 Å². The van der Waals surface area contributed by atoms with Crippen molar-refractivity contribution in [2.45, 2.75) is 44.4 Å². The Morgan fingerprint density at radius 1 is 1.17 bits per heavy atom. The minimum absolute atomic E-state index is 0.0401. The van der Waals surface area contributed by atoms with Gasteiger partial charge in [0.2, 0.25) is 5.91 Å². The SMILES string of the molecule is COc1ccc(C(Cc2ccccc2C)NC(=O)[C@@H]2CC[C@H](CN)O2)cc1OC. The first-order valence-corrected chi connectivity index (χ1v) is 9.98. The standard InChI is InChI=1S/C23H30N2O4/c1-15-6-4-5-7-16(15)12-19(17-8-10-20(27-2)22(13-17)28-3)25-23(26)21-11-9-18(14-24)29-21/h4-8,10,13,18-19,21H,9,11-12,14,24H2,1-3H3,(H,25,26)/t18-,19?,21+/m1/s1. The maximum Gasteiger partial charge on any atom is 0.249 e. The maximum atomic E-state index is 12.9. The molecule has 1 fully saturated rings. The number of rotatable bonds is 8. The number of carbonyl (C=O) groups is 1. The Kier molecular flexibility index (Phi) is 7.12. The van der Waals surface area contributed by atoms with Crippen LogP contribution in [0, 0.1) is 6.92 Å². The van der Waals surface area contributed by atoms with Gasteiger partial charge in [-0.3, -0.25) is 4.79 Å². The molecule has 0 saturated carbocycles. The van der Waals surface area contributed by atoms with Gasteiger partial charge in [0.05, 0.1) is 26.4 Å². The summed E-state index contributed by atoms with van der Waals surface area (Å²) in [5, 5.41) is 3.18. The van der Waals surface area contributed by atoms with Crippen LogP contribution in [0.25, 0.3) is 0 Å². The van der Waals surface area contributed by atoms with E-state index in [2.05, 4.69) is 24.4 Å². The molecule has 3 atom stereocenters. The third-order valence-corrected chi connectivity index (χ3v) is 5.47. The first-order chi connectivity index (χ1) is 14.0. The molecule has 6 nitrogen and oxygen atoms in total. The van der Waals surface area contributed by atoms with Gasteiger partial charge in [0.1, 0.15) is 6.10 Å². The van der Waals surface area contributed by atoms with E-state index in [1.165, 1.54) is 11.1 Å². The Hall–Kier alpha value is -2.57. The largest absolute Gasteiger partial charge is 0.493 e. The van der Waals surface area contributed by atoms with Crippen LogP contribution in [0.3, 0.4) is 0 Å². The molecule has 2 aromatic rings. The topological polar surface area (TPSA) is 82.8 Å². The van der Waals surface area contributed by atoms with Crippen molar-refractivity contribution in [1.82, 2.24) is 5.32 Å². The van der Waals surface area contributed by atoms with E-state index in [1.54, 1.807) is 14.2 Å². The van der Waals surface area contributed by atoms with Crippen molar-refractivity contribution in [3.05, 3.63) is 59.2 Å². The molecule has 1 saturated heterocycles. The normalized spacial score (nSPS) is 19.6. The fourth-order valence-corrected chi connectivity index (χ4v) is 3.72. The molecular weight excluding hydrogens is 368 g/mol. The fourth-order valence-electron chi connectivity index (χ4n) is 3.72. The van der Waals surface area contributed by atoms with Gasteiger partial charge < -0.3 is 25.3 Å². The van der Waals surface area contributed by atoms with Crippen molar-refractivity contribution >= 4 is 5.91 Å². The van der Waals surface area contributed by atoms with Crippen LogP contribution in [-0.4, -0.2) is 38.9 Å². The Balaban J connectivity index is 1.85. The molecule has 0 aliphatic carbocycles. The predicted octanol–water partition coefficient (Wildman–Crippen LogP) is 2.92. The number of benzene rings is 2. The van der Waals surface area contributed by atoms with Crippen LogP contribution in [0.4, 0.5) is 0 Å².